The molecule has 2 aromatic carbocycles. The lowest BCUT2D eigenvalue weighted by Crippen LogP contribution is -2.39. The molecule has 3 aromatic rings. The van der Waals surface area contributed by atoms with Crippen LogP contribution in [0.1, 0.15) is 19.4 Å². The van der Waals surface area contributed by atoms with E-state index in [0.717, 1.165) is 11.6 Å². The standard InChI is InChI=1S/C20H18O6/c1-20(2,24)17-6-11-5-10(3-4-15(11)26-17)13-9-25-16-8-12(21)7-14(22)18(16)19(13)23/h3-5,7-9,17,21-22,24H,6H2,1-2H3. The normalized spacial score (nSPS) is 16.5. The minimum Gasteiger partial charge on any atom is -0.508 e. The van der Waals surface area contributed by atoms with Crippen molar-refractivity contribution < 1.29 is 24.5 Å². The summed E-state index contributed by atoms with van der Waals surface area (Å²) in [6.45, 7) is 3.39. The third kappa shape index (κ3) is 2.59. The summed E-state index contributed by atoms with van der Waals surface area (Å²) >= 11 is 0. The predicted molar refractivity (Wildman–Crippen MR) is 95.7 cm³/mol. The van der Waals surface area contributed by atoms with Gasteiger partial charge in [0.1, 0.15) is 40.6 Å². The molecule has 1 aromatic heterocycles. The number of hydrogen-bond acceptors (Lipinski definition) is 6. The Labute approximate surface area is 148 Å². The molecule has 1 aliphatic rings. The minimum atomic E-state index is -0.977. The van der Waals surface area contributed by atoms with E-state index in [0.29, 0.717) is 23.3 Å². The van der Waals surface area contributed by atoms with Gasteiger partial charge in [-0.05, 0) is 37.1 Å². The van der Waals surface area contributed by atoms with Crippen LogP contribution in [0.3, 0.4) is 0 Å². The highest BCUT2D eigenvalue weighted by Gasteiger charge is 2.34. The molecule has 134 valence electrons. The average Bonchev–Trinajstić information content (AvgIpc) is 2.98. The molecule has 1 atom stereocenters. The zero-order valence-corrected chi connectivity index (χ0v) is 14.3. The Morgan fingerprint density at radius 3 is 2.65 bits per heavy atom. The minimum absolute atomic E-state index is 0.0198. The lowest BCUT2D eigenvalue weighted by Gasteiger charge is -2.24. The van der Waals surface area contributed by atoms with Gasteiger partial charge in [-0.15, -0.1) is 0 Å². The monoisotopic (exact) mass is 354 g/mol. The van der Waals surface area contributed by atoms with Crippen molar-refractivity contribution in [2.24, 2.45) is 0 Å². The first kappa shape index (κ1) is 16.5. The SMILES string of the molecule is CC(C)(O)C1Cc2cc(-c3coc4cc(O)cc(O)c4c3=O)ccc2O1. The van der Waals surface area contributed by atoms with Crippen molar-refractivity contribution in [3.05, 3.63) is 52.4 Å². The molecule has 3 N–H and O–H groups in total. The van der Waals surface area contributed by atoms with E-state index < -0.39 is 5.60 Å². The number of aliphatic hydroxyl groups is 1. The van der Waals surface area contributed by atoms with Gasteiger partial charge in [-0.2, -0.15) is 0 Å². The molecule has 26 heavy (non-hydrogen) atoms. The van der Waals surface area contributed by atoms with Crippen LogP contribution in [0.25, 0.3) is 22.1 Å². The van der Waals surface area contributed by atoms with Crippen molar-refractivity contribution in [3.8, 4) is 28.4 Å². The van der Waals surface area contributed by atoms with Crippen LogP contribution in [-0.4, -0.2) is 27.0 Å². The zero-order chi connectivity index (χ0) is 18.6. The summed E-state index contributed by atoms with van der Waals surface area (Å²) in [5.41, 5.74) is 0.572. The van der Waals surface area contributed by atoms with E-state index in [1.54, 1.807) is 26.0 Å². The van der Waals surface area contributed by atoms with E-state index in [1.165, 1.54) is 12.3 Å². The number of phenols is 2. The fraction of sp³-hybridized carbons (Fsp3) is 0.250. The molecule has 0 fully saturated rings. The first-order valence-corrected chi connectivity index (χ1v) is 8.24. The fourth-order valence-electron chi connectivity index (χ4n) is 3.23. The number of ether oxygens (including phenoxy) is 1. The van der Waals surface area contributed by atoms with Gasteiger partial charge in [-0.3, -0.25) is 4.79 Å². The van der Waals surface area contributed by atoms with Gasteiger partial charge in [0.05, 0.1) is 11.2 Å². The lowest BCUT2D eigenvalue weighted by atomic mass is 9.95. The molecular formula is C20H18O6. The highest BCUT2D eigenvalue weighted by Crippen LogP contribution is 2.36. The van der Waals surface area contributed by atoms with Crippen LogP contribution in [0.15, 0.2) is 45.8 Å². The van der Waals surface area contributed by atoms with Gasteiger partial charge in [-0.1, -0.05) is 6.07 Å². The molecule has 0 bridgehead atoms. The molecule has 0 aliphatic carbocycles. The van der Waals surface area contributed by atoms with Gasteiger partial charge < -0.3 is 24.5 Å². The number of benzene rings is 2. The van der Waals surface area contributed by atoms with Crippen LogP contribution < -0.4 is 10.2 Å². The Morgan fingerprint density at radius 2 is 1.92 bits per heavy atom. The second-order valence-electron chi connectivity index (χ2n) is 7.10. The topological polar surface area (TPSA) is 100 Å². The largest absolute Gasteiger partial charge is 0.508 e. The smallest absolute Gasteiger partial charge is 0.204 e. The molecule has 4 rings (SSSR count). The summed E-state index contributed by atoms with van der Waals surface area (Å²) in [5, 5.41) is 29.7. The molecule has 1 unspecified atom stereocenters. The van der Waals surface area contributed by atoms with Crippen molar-refractivity contribution in [1.29, 1.82) is 0 Å². The van der Waals surface area contributed by atoms with E-state index in [2.05, 4.69) is 0 Å². The average molecular weight is 354 g/mol. The molecule has 6 nitrogen and oxygen atoms in total. The van der Waals surface area contributed by atoms with Crippen molar-refractivity contribution in [1.82, 2.24) is 0 Å². The van der Waals surface area contributed by atoms with Crippen LogP contribution in [0.4, 0.5) is 0 Å². The molecular weight excluding hydrogens is 336 g/mol. The lowest BCUT2D eigenvalue weighted by molar-refractivity contribution is -0.0229. The highest BCUT2D eigenvalue weighted by atomic mass is 16.5. The number of rotatable bonds is 2. The van der Waals surface area contributed by atoms with Gasteiger partial charge in [0, 0.05) is 18.6 Å². The third-order valence-corrected chi connectivity index (χ3v) is 4.68. The van der Waals surface area contributed by atoms with Gasteiger partial charge in [0.25, 0.3) is 0 Å². The van der Waals surface area contributed by atoms with Crippen LogP contribution >= 0.6 is 0 Å². The Bertz CT molecular complexity index is 1070. The number of phenolic OH excluding ortho intramolecular Hbond substituents is 2. The van der Waals surface area contributed by atoms with E-state index in [9.17, 15) is 20.1 Å². The zero-order valence-electron chi connectivity index (χ0n) is 14.3. The Balaban J connectivity index is 1.81. The molecule has 0 saturated carbocycles. The molecule has 0 amide bonds. The highest BCUT2D eigenvalue weighted by molar-refractivity contribution is 5.88. The molecule has 0 radical (unpaired) electrons. The van der Waals surface area contributed by atoms with Crippen LogP contribution in [-0.2, 0) is 6.42 Å². The van der Waals surface area contributed by atoms with Gasteiger partial charge in [0.2, 0.25) is 5.43 Å². The first-order chi connectivity index (χ1) is 12.2. The van der Waals surface area contributed by atoms with Crippen molar-refractivity contribution >= 4 is 11.0 Å². The second-order valence-corrected chi connectivity index (χ2v) is 7.10. The van der Waals surface area contributed by atoms with Gasteiger partial charge in [-0.25, -0.2) is 0 Å². The van der Waals surface area contributed by atoms with E-state index in [1.807, 2.05) is 6.07 Å². The van der Waals surface area contributed by atoms with Crippen LogP contribution in [0.5, 0.6) is 17.2 Å². The van der Waals surface area contributed by atoms with Crippen molar-refractivity contribution in [2.45, 2.75) is 32.0 Å². The van der Waals surface area contributed by atoms with E-state index in [4.69, 9.17) is 9.15 Å². The first-order valence-electron chi connectivity index (χ1n) is 8.24. The number of hydrogen-bond donors (Lipinski definition) is 3. The molecule has 0 saturated heterocycles. The summed E-state index contributed by atoms with van der Waals surface area (Å²) in [5.74, 6) is 0.166. The Hall–Kier alpha value is -2.99. The van der Waals surface area contributed by atoms with Crippen molar-refractivity contribution in [2.75, 3.05) is 0 Å². The summed E-state index contributed by atoms with van der Waals surface area (Å²) in [4.78, 5) is 12.8. The molecule has 0 spiro atoms. The predicted octanol–water partition coefficient (Wildman–Crippen LogP) is 2.95. The summed E-state index contributed by atoms with van der Waals surface area (Å²) in [6, 6.07) is 7.71. The summed E-state index contributed by atoms with van der Waals surface area (Å²) in [7, 11) is 0. The molecule has 1 aliphatic heterocycles. The van der Waals surface area contributed by atoms with E-state index in [-0.39, 0.29) is 34.0 Å². The number of fused-ring (bicyclic) bond motifs is 2. The second kappa shape index (κ2) is 5.51. The van der Waals surface area contributed by atoms with E-state index >= 15 is 0 Å². The van der Waals surface area contributed by atoms with Crippen LogP contribution in [0, 0.1) is 0 Å². The summed E-state index contributed by atoms with van der Waals surface area (Å²) < 4.78 is 11.2. The fourth-order valence-corrected chi connectivity index (χ4v) is 3.23. The van der Waals surface area contributed by atoms with Crippen LogP contribution in [0.2, 0.25) is 0 Å². The number of aromatic hydroxyl groups is 2. The third-order valence-electron chi connectivity index (χ3n) is 4.68. The summed E-state index contributed by atoms with van der Waals surface area (Å²) in [6.07, 6.45) is 1.49. The molecule has 6 heteroatoms. The Morgan fingerprint density at radius 1 is 1.15 bits per heavy atom. The maximum atomic E-state index is 12.8. The van der Waals surface area contributed by atoms with Crippen molar-refractivity contribution in [3.63, 3.8) is 0 Å². The quantitative estimate of drug-likeness (QED) is 0.654. The van der Waals surface area contributed by atoms with Gasteiger partial charge >= 0.3 is 0 Å². The molecule has 2 heterocycles. The maximum Gasteiger partial charge on any atom is 0.204 e. The van der Waals surface area contributed by atoms with Gasteiger partial charge in [0.15, 0.2) is 0 Å². The maximum absolute atomic E-state index is 12.8. The Kier molecular flexibility index (Phi) is 3.49.